The third-order valence-corrected chi connectivity index (χ3v) is 6.69. The van der Waals surface area contributed by atoms with Crippen LogP contribution in [0.4, 0.5) is 38.1 Å². The summed E-state index contributed by atoms with van der Waals surface area (Å²) in [5, 5.41) is 17.4. The van der Waals surface area contributed by atoms with Gasteiger partial charge >= 0.3 is 12.4 Å². The Kier molecular flexibility index (Phi) is 8.93. The molecule has 0 N–H and O–H groups in total. The molecule has 15 heteroatoms. The first kappa shape index (κ1) is 32.0. The van der Waals surface area contributed by atoms with E-state index in [0.29, 0.717) is 30.1 Å². The Balaban J connectivity index is 1.87. The van der Waals surface area contributed by atoms with Crippen molar-refractivity contribution >= 4 is 22.8 Å². The van der Waals surface area contributed by atoms with Crippen molar-refractivity contribution in [3.8, 4) is 0 Å². The Labute approximate surface area is 245 Å². The van der Waals surface area contributed by atoms with Crippen LogP contribution in [-0.2, 0) is 39.5 Å². The number of pyridine rings is 1. The Morgan fingerprint density at radius 2 is 1.37 bits per heavy atom. The fraction of sp³-hybridized carbons (Fsp3) is 0.536. The van der Waals surface area contributed by atoms with Crippen LogP contribution in [0.2, 0.25) is 0 Å². The maximum Gasteiger partial charge on any atom is 0.416 e. The molecular formula is C28H35F6N9. The van der Waals surface area contributed by atoms with Gasteiger partial charge in [-0.1, -0.05) is 32.8 Å². The van der Waals surface area contributed by atoms with E-state index in [0.717, 1.165) is 23.2 Å². The van der Waals surface area contributed by atoms with Crippen molar-refractivity contribution in [2.45, 2.75) is 60.1 Å². The van der Waals surface area contributed by atoms with Crippen molar-refractivity contribution in [1.82, 2.24) is 35.0 Å². The predicted octanol–water partition coefficient (Wildman–Crippen LogP) is 6.16. The molecule has 3 aromatic heterocycles. The molecule has 9 nitrogen and oxygen atoms in total. The number of anilines is 2. The molecule has 0 spiro atoms. The lowest BCUT2D eigenvalue weighted by Gasteiger charge is -2.31. The van der Waals surface area contributed by atoms with Crippen molar-refractivity contribution in [2.75, 3.05) is 22.9 Å². The molecule has 0 fully saturated rings. The number of tetrazole rings is 1. The average molecular weight is 612 g/mol. The van der Waals surface area contributed by atoms with Gasteiger partial charge in [0.2, 0.25) is 0 Å². The number of halogens is 6. The fourth-order valence-electron chi connectivity index (χ4n) is 5.03. The number of alkyl halides is 6. The second-order valence-corrected chi connectivity index (χ2v) is 11.6. The average Bonchev–Trinajstić information content (AvgIpc) is 3.43. The number of benzene rings is 1. The number of aromatic nitrogens is 7. The van der Waals surface area contributed by atoms with E-state index in [2.05, 4.69) is 53.1 Å². The van der Waals surface area contributed by atoms with Crippen molar-refractivity contribution in [3.63, 3.8) is 0 Å². The molecule has 0 aliphatic rings. The first-order valence-electron chi connectivity index (χ1n) is 13.8. The molecule has 3 heterocycles. The molecule has 0 aliphatic heterocycles. The number of aryl methyl sites for hydroxylation is 3. The van der Waals surface area contributed by atoms with Crippen molar-refractivity contribution in [2.24, 2.45) is 25.9 Å². The van der Waals surface area contributed by atoms with Crippen LogP contribution in [0.15, 0.2) is 24.3 Å². The van der Waals surface area contributed by atoms with E-state index < -0.39 is 23.5 Å². The summed E-state index contributed by atoms with van der Waals surface area (Å²) < 4.78 is 83.5. The second kappa shape index (κ2) is 12.0. The van der Waals surface area contributed by atoms with E-state index in [-0.39, 0.29) is 42.5 Å². The van der Waals surface area contributed by atoms with Crippen LogP contribution >= 0.6 is 0 Å². The molecular weight excluding hydrogens is 576 g/mol. The summed E-state index contributed by atoms with van der Waals surface area (Å²) in [5.41, 5.74) is -0.901. The van der Waals surface area contributed by atoms with Gasteiger partial charge in [-0.2, -0.15) is 36.2 Å². The topological polar surface area (TPSA) is 80.8 Å². The summed E-state index contributed by atoms with van der Waals surface area (Å²) in [6.07, 6.45) is -9.94. The van der Waals surface area contributed by atoms with E-state index in [1.165, 1.54) is 16.7 Å². The maximum absolute atomic E-state index is 13.6. The van der Waals surface area contributed by atoms with Gasteiger partial charge in [0, 0.05) is 44.2 Å². The molecule has 0 saturated carbocycles. The third-order valence-electron chi connectivity index (χ3n) is 6.69. The summed E-state index contributed by atoms with van der Waals surface area (Å²) in [5.74, 6) is 1.25. The Morgan fingerprint density at radius 1 is 0.791 bits per heavy atom. The minimum absolute atomic E-state index is 0.0303. The van der Waals surface area contributed by atoms with E-state index in [1.54, 1.807) is 11.7 Å². The summed E-state index contributed by atoms with van der Waals surface area (Å²) in [4.78, 5) is 9.83. The van der Waals surface area contributed by atoms with Gasteiger partial charge in [-0.15, -0.1) is 5.10 Å². The molecule has 43 heavy (non-hydrogen) atoms. The van der Waals surface area contributed by atoms with E-state index in [1.807, 2.05) is 13.0 Å². The van der Waals surface area contributed by atoms with Crippen LogP contribution in [0.3, 0.4) is 0 Å². The van der Waals surface area contributed by atoms with Gasteiger partial charge in [-0.05, 0) is 53.8 Å². The second-order valence-electron chi connectivity index (χ2n) is 11.6. The molecule has 234 valence electrons. The molecule has 4 rings (SSSR count). The van der Waals surface area contributed by atoms with Crippen molar-refractivity contribution in [3.05, 3.63) is 52.2 Å². The van der Waals surface area contributed by atoms with Crippen molar-refractivity contribution < 1.29 is 26.3 Å². The standard InChI is InChI=1S/C28H35F6N9/c1-16(2)12-42(13-17(3)4)24-20(10-23-18(5)37-40(6)25(23)35-24)15-43(26-36-39-41(7)38-26)14-19-8-21(27(29,30)31)11-22(9-19)28(32,33)34/h8-11,16-17H,12-15H2,1-7H3. The van der Waals surface area contributed by atoms with Crippen LogP contribution in [0, 0.1) is 18.8 Å². The molecule has 1 aromatic carbocycles. The molecule has 0 amide bonds. The Hall–Kier alpha value is -3.91. The normalized spacial score (nSPS) is 12.6. The quantitative estimate of drug-likeness (QED) is 0.199. The highest BCUT2D eigenvalue weighted by Gasteiger charge is 2.37. The predicted molar refractivity (Wildman–Crippen MR) is 150 cm³/mol. The summed E-state index contributed by atoms with van der Waals surface area (Å²) >= 11 is 0. The molecule has 0 bridgehead atoms. The van der Waals surface area contributed by atoms with Gasteiger partial charge in [-0.3, -0.25) is 4.68 Å². The largest absolute Gasteiger partial charge is 0.416 e. The van der Waals surface area contributed by atoms with E-state index >= 15 is 0 Å². The smallest absolute Gasteiger partial charge is 0.356 e. The van der Waals surface area contributed by atoms with E-state index in [9.17, 15) is 26.3 Å². The maximum atomic E-state index is 13.6. The summed E-state index contributed by atoms with van der Waals surface area (Å²) in [6.45, 7) is 11.2. The van der Waals surface area contributed by atoms with Gasteiger partial charge in [0.1, 0.15) is 5.82 Å². The lowest BCUT2D eigenvalue weighted by Crippen LogP contribution is -2.34. The van der Waals surface area contributed by atoms with Gasteiger partial charge in [0.25, 0.3) is 5.95 Å². The number of fused-ring (bicyclic) bond motifs is 1. The molecule has 4 aromatic rings. The zero-order valence-electron chi connectivity index (χ0n) is 25.1. The zero-order valence-corrected chi connectivity index (χ0v) is 25.1. The van der Waals surface area contributed by atoms with Crippen LogP contribution in [0.25, 0.3) is 11.0 Å². The first-order chi connectivity index (χ1) is 19.9. The van der Waals surface area contributed by atoms with Crippen LogP contribution in [0.5, 0.6) is 0 Å². The lowest BCUT2D eigenvalue weighted by molar-refractivity contribution is -0.143. The minimum Gasteiger partial charge on any atom is -0.356 e. The number of hydrogen-bond donors (Lipinski definition) is 0. The minimum atomic E-state index is -4.97. The summed E-state index contributed by atoms with van der Waals surface area (Å²) in [6, 6.07) is 3.47. The van der Waals surface area contributed by atoms with Gasteiger partial charge in [0.05, 0.1) is 23.9 Å². The lowest BCUT2D eigenvalue weighted by atomic mass is 10.0. The Bertz CT molecular complexity index is 1530. The highest BCUT2D eigenvalue weighted by atomic mass is 19.4. The zero-order chi connectivity index (χ0) is 31.9. The van der Waals surface area contributed by atoms with Gasteiger partial charge < -0.3 is 9.80 Å². The summed E-state index contributed by atoms with van der Waals surface area (Å²) in [7, 11) is 3.31. The SMILES string of the molecule is Cc1nn(C)c2nc(N(CC(C)C)CC(C)C)c(CN(Cc3cc(C(F)(F)F)cc(C(F)(F)F)c3)c3nnn(C)n3)cc12. The van der Waals surface area contributed by atoms with Crippen LogP contribution in [-0.4, -0.2) is 48.1 Å². The number of rotatable bonds is 10. The fourth-order valence-corrected chi connectivity index (χ4v) is 5.03. The first-order valence-corrected chi connectivity index (χ1v) is 13.8. The molecule has 0 unspecified atom stereocenters. The van der Waals surface area contributed by atoms with Crippen LogP contribution in [0.1, 0.15) is 55.6 Å². The number of hydrogen-bond acceptors (Lipinski definition) is 7. The highest BCUT2D eigenvalue weighted by molar-refractivity contribution is 5.81. The molecule has 0 atom stereocenters. The molecule has 0 radical (unpaired) electrons. The monoisotopic (exact) mass is 611 g/mol. The van der Waals surface area contributed by atoms with Crippen LogP contribution < -0.4 is 9.80 Å². The Morgan fingerprint density at radius 3 is 1.86 bits per heavy atom. The third kappa shape index (κ3) is 7.54. The molecule has 0 saturated heterocycles. The number of nitrogens with zero attached hydrogens (tertiary/aromatic N) is 9. The molecule has 0 aliphatic carbocycles. The van der Waals surface area contributed by atoms with E-state index in [4.69, 9.17) is 4.98 Å². The van der Waals surface area contributed by atoms with Crippen molar-refractivity contribution in [1.29, 1.82) is 0 Å². The highest BCUT2D eigenvalue weighted by Crippen LogP contribution is 2.37. The van der Waals surface area contributed by atoms with Gasteiger partial charge in [-0.25, -0.2) is 4.98 Å². The van der Waals surface area contributed by atoms with Gasteiger partial charge in [0.15, 0.2) is 5.65 Å².